The number of fused-ring (bicyclic) bond motifs is 3. The van der Waals surface area contributed by atoms with Crippen LogP contribution in [0.15, 0.2) is 59.3 Å². The summed E-state index contributed by atoms with van der Waals surface area (Å²) in [5.41, 5.74) is 8.17. The first-order valence-electron chi connectivity index (χ1n) is 12.1. The Hall–Kier alpha value is -3.28. The smallest absolute Gasteiger partial charge is 0.355 e. The maximum Gasteiger partial charge on any atom is 0.469 e. The van der Waals surface area contributed by atoms with Gasteiger partial charge in [-0.25, -0.2) is 9.25 Å². The molecule has 9 nitrogen and oxygen atoms in total. The van der Waals surface area contributed by atoms with Crippen LogP contribution in [0.1, 0.15) is 35.7 Å². The topological polar surface area (TPSA) is 137 Å². The zero-order chi connectivity index (χ0) is 28.0. The lowest BCUT2D eigenvalue weighted by Gasteiger charge is -2.25. The number of hydrogen-bond donors (Lipinski definition) is 3. The van der Waals surface area contributed by atoms with Crippen LogP contribution < -0.4 is 5.73 Å². The molecule has 39 heavy (non-hydrogen) atoms. The Morgan fingerprint density at radius 2 is 1.87 bits per heavy atom. The molecule has 4 aromatic rings. The third kappa shape index (κ3) is 5.85. The van der Waals surface area contributed by atoms with E-state index in [4.69, 9.17) is 20.0 Å². The van der Waals surface area contributed by atoms with E-state index >= 15 is 0 Å². The van der Waals surface area contributed by atoms with Crippen molar-refractivity contribution >= 4 is 7.82 Å². The van der Waals surface area contributed by atoms with Gasteiger partial charge in [-0.1, -0.05) is 41.6 Å². The molecule has 0 amide bonds. The molecular formula is C26H26F3N4O5P. The van der Waals surface area contributed by atoms with Crippen molar-refractivity contribution < 1.29 is 36.6 Å². The molecule has 0 bridgehead atoms. The molecule has 0 saturated heterocycles. The molecule has 0 fully saturated rings. The van der Waals surface area contributed by atoms with E-state index in [1.165, 1.54) is 0 Å². The molecule has 2 aromatic heterocycles. The van der Waals surface area contributed by atoms with Gasteiger partial charge in [-0.3, -0.25) is 4.52 Å². The summed E-state index contributed by atoms with van der Waals surface area (Å²) in [7, 11) is -4.62. The van der Waals surface area contributed by atoms with Gasteiger partial charge in [0.05, 0.1) is 24.1 Å². The van der Waals surface area contributed by atoms with Crippen molar-refractivity contribution in [2.24, 2.45) is 5.73 Å². The number of nitrogens with zero attached hydrogens (tertiary/aromatic N) is 3. The van der Waals surface area contributed by atoms with Crippen molar-refractivity contribution in [1.82, 2.24) is 14.9 Å². The first-order valence-corrected chi connectivity index (χ1v) is 13.7. The van der Waals surface area contributed by atoms with Crippen LogP contribution >= 0.6 is 7.82 Å². The van der Waals surface area contributed by atoms with Crippen molar-refractivity contribution in [3.8, 4) is 28.3 Å². The second kappa shape index (κ2) is 10.0. The highest BCUT2D eigenvalue weighted by molar-refractivity contribution is 7.46. The molecule has 1 aliphatic rings. The van der Waals surface area contributed by atoms with Gasteiger partial charge in [0.25, 0.3) is 0 Å². The van der Waals surface area contributed by atoms with Crippen LogP contribution in [0.25, 0.3) is 28.3 Å². The van der Waals surface area contributed by atoms with Crippen LogP contribution in [0.5, 0.6) is 0 Å². The molecule has 13 heteroatoms. The van der Waals surface area contributed by atoms with Gasteiger partial charge >= 0.3 is 14.0 Å². The Morgan fingerprint density at radius 1 is 1.13 bits per heavy atom. The monoisotopic (exact) mass is 562 g/mol. The minimum Gasteiger partial charge on any atom is -0.355 e. The fraction of sp³-hybridized carbons (Fsp3) is 0.308. The predicted molar refractivity (Wildman–Crippen MR) is 136 cm³/mol. The molecule has 0 spiro atoms. The van der Waals surface area contributed by atoms with E-state index in [0.717, 1.165) is 27.6 Å². The predicted octanol–water partition coefficient (Wildman–Crippen LogP) is 5.07. The minimum atomic E-state index is -4.68. The minimum absolute atomic E-state index is 0.0539. The Balaban J connectivity index is 1.42. The number of alkyl halides is 3. The highest BCUT2D eigenvalue weighted by Gasteiger charge is 2.41. The average molecular weight is 562 g/mol. The quantitative estimate of drug-likeness (QED) is 0.253. The van der Waals surface area contributed by atoms with E-state index in [1.807, 2.05) is 18.2 Å². The molecule has 2 heterocycles. The van der Waals surface area contributed by atoms with Crippen molar-refractivity contribution in [2.75, 3.05) is 6.61 Å². The lowest BCUT2D eigenvalue weighted by Crippen LogP contribution is -2.41. The van der Waals surface area contributed by atoms with Crippen LogP contribution in [0.2, 0.25) is 0 Å². The third-order valence-corrected chi connectivity index (χ3v) is 7.15. The maximum absolute atomic E-state index is 14.2. The number of aryl methyl sites for hydroxylation is 2. The lowest BCUT2D eigenvalue weighted by molar-refractivity contribution is -0.142. The highest BCUT2D eigenvalue weighted by atomic mass is 31.2. The molecular weight excluding hydrogens is 536 g/mol. The van der Waals surface area contributed by atoms with E-state index in [0.29, 0.717) is 36.9 Å². The van der Waals surface area contributed by atoms with E-state index < -0.39 is 25.2 Å². The zero-order valence-corrected chi connectivity index (χ0v) is 21.7. The van der Waals surface area contributed by atoms with Gasteiger partial charge in [0, 0.05) is 16.7 Å². The Kier molecular flexibility index (Phi) is 7.02. The lowest BCUT2D eigenvalue weighted by atomic mass is 9.86. The summed E-state index contributed by atoms with van der Waals surface area (Å²) in [6.45, 7) is 1.35. The summed E-state index contributed by atoms with van der Waals surface area (Å²) < 4.78 is 64.6. The average Bonchev–Trinajstić information content (AvgIpc) is 3.51. The summed E-state index contributed by atoms with van der Waals surface area (Å²) in [5.74, 6) is 0.0539. The van der Waals surface area contributed by atoms with Gasteiger partial charge in [0.2, 0.25) is 0 Å². The van der Waals surface area contributed by atoms with Crippen LogP contribution in [0, 0.1) is 0 Å². The number of aromatic nitrogens is 3. The van der Waals surface area contributed by atoms with E-state index in [9.17, 15) is 17.7 Å². The van der Waals surface area contributed by atoms with Crippen molar-refractivity contribution in [2.45, 2.75) is 44.3 Å². The van der Waals surface area contributed by atoms with Gasteiger partial charge in [0.15, 0.2) is 11.5 Å². The van der Waals surface area contributed by atoms with E-state index in [2.05, 4.69) is 14.8 Å². The summed E-state index contributed by atoms with van der Waals surface area (Å²) in [6, 6.07) is 13.8. The first kappa shape index (κ1) is 27.3. The van der Waals surface area contributed by atoms with Crippen LogP contribution in [0.3, 0.4) is 0 Å². The summed E-state index contributed by atoms with van der Waals surface area (Å²) in [5, 5.41) is 8.18. The molecule has 2 aromatic carbocycles. The van der Waals surface area contributed by atoms with Crippen LogP contribution in [-0.4, -0.2) is 36.9 Å². The van der Waals surface area contributed by atoms with Crippen LogP contribution in [-0.2, 0) is 34.5 Å². The summed E-state index contributed by atoms with van der Waals surface area (Å²) >= 11 is 0. The molecule has 0 saturated carbocycles. The number of benzene rings is 2. The molecule has 0 aliphatic heterocycles. The largest absolute Gasteiger partial charge is 0.469 e. The number of halogens is 3. The molecule has 1 atom stereocenters. The van der Waals surface area contributed by atoms with Gasteiger partial charge < -0.3 is 20.0 Å². The number of phosphoric acid groups is 1. The molecule has 0 unspecified atom stereocenters. The Bertz CT molecular complexity index is 1540. The second-order valence-corrected chi connectivity index (χ2v) is 11.1. The van der Waals surface area contributed by atoms with E-state index in [-0.39, 0.29) is 23.6 Å². The normalized spacial score (nSPS) is 15.1. The summed E-state index contributed by atoms with van der Waals surface area (Å²) in [6.07, 6.45) is -1.57. The Labute approximate surface area is 221 Å². The zero-order valence-electron chi connectivity index (χ0n) is 20.9. The van der Waals surface area contributed by atoms with E-state index in [1.54, 1.807) is 37.3 Å². The van der Waals surface area contributed by atoms with Crippen molar-refractivity contribution in [3.05, 3.63) is 77.1 Å². The molecule has 1 aliphatic carbocycles. The fourth-order valence-electron chi connectivity index (χ4n) is 4.75. The number of rotatable bonds is 8. The number of phosphoric ester groups is 1. The SMILES string of the molecule is C[C@@](N)(CCc1ccc2c(c1)CCc1c-2noc1-c1cnn(-c2ccccc2)c1C(F)(F)F)COP(=O)(O)O. The molecule has 5 rings (SSSR count). The molecule has 206 valence electrons. The molecule has 4 N–H and O–H groups in total. The van der Waals surface area contributed by atoms with Gasteiger partial charge in [-0.05, 0) is 55.9 Å². The van der Waals surface area contributed by atoms with Gasteiger partial charge in [-0.2, -0.15) is 18.3 Å². The van der Waals surface area contributed by atoms with Gasteiger partial charge in [-0.15, -0.1) is 0 Å². The summed E-state index contributed by atoms with van der Waals surface area (Å²) in [4.78, 5) is 17.8. The first-order chi connectivity index (χ1) is 18.3. The number of para-hydroxylation sites is 1. The highest BCUT2D eigenvalue weighted by Crippen LogP contribution is 2.44. The molecule has 0 radical (unpaired) electrons. The fourth-order valence-corrected chi connectivity index (χ4v) is 5.21. The van der Waals surface area contributed by atoms with Crippen molar-refractivity contribution in [1.29, 1.82) is 0 Å². The number of nitrogens with two attached hydrogens (primary N) is 1. The second-order valence-electron chi connectivity index (χ2n) is 9.90. The van der Waals surface area contributed by atoms with Crippen LogP contribution in [0.4, 0.5) is 13.2 Å². The third-order valence-electron chi connectivity index (χ3n) is 6.69. The number of hydrogen-bond acceptors (Lipinski definition) is 6. The standard InChI is InChI=1S/C26H26F3N4O5P/c1-25(30,15-37-39(34,35)36)12-11-16-7-9-19-17(13-16)8-10-20-22(19)32-38-23(20)21-14-31-33(24(21)26(27,28)29)18-5-3-2-4-6-18/h2-7,9,13-14H,8,10-12,15,30H2,1H3,(H2,34,35,36)/t25-/m1/s1. The van der Waals surface area contributed by atoms with Gasteiger partial charge in [0.1, 0.15) is 5.69 Å². The van der Waals surface area contributed by atoms with Crippen molar-refractivity contribution in [3.63, 3.8) is 0 Å². The Morgan fingerprint density at radius 3 is 2.56 bits per heavy atom. The maximum atomic E-state index is 14.2.